The summed E-state index contributed by atoms with van der Waals surface area (Å²) in [5.41, 5.74) is 8.67. The third kappa shape index (κ3) is 3.96. The van der Waals surface area contributed by atoms with Crippen molar-refractivity contribution in [1.29, 1.82) is 0 Å². The molecule has 0 aliphatic carbocycles. The molecule has 0 bridgehead atoms. The summed E-state index contributed by atoms with van der Waals surface area (Å²) in [4.78, 5) is 4.86. The van der Waals surface area contributed by atoms with Crippen LogP contribution < -0.4 is 10.6 Å². The number of nitrogens with zero attached hydrogens (tertiary/aromatic N) is 2. The fourth-order valence-corrected chi connectivity index (χ4v) is 3.31. The molecule has 1 fully saturated rings. The largest absolute Gasteiger partial charge is 0.371 e. The van der Waals surface area contributed by atoms with Gasteiger partial charge in [0, 0.05) is 29.3 Å². The van der Waals surface area contributed by atoms with E-state index in [-0.39, 0.29) is 6.04 Å². The van der Waals surface area contributed by atoms with Gasteiger partial charge in [-0.25, -0.2) is 0 Å². The lowest BCUT2D eigenvalue weighted by Gasteiger charge is -2.37. The SMILES string of the molecule is CC(N)Cc1ccc(Br)cc1N(C)C1CCN(C)CC1. The van der Waals surface area contributed by atoms with Crippen LogP contribution in [0.4, 0.5) is 5.69 Å². The first kappa shape index (κ1) is 15.8. The van der Waals surface area contributed by atoms with Gasteiger partial charge in [0.2, 0.25) is 0 Å². The van der Waals surface area contributed by atoms with E-state index in [1.807, 2.05) is 0 Å². The first-order valence-corrected chi connectivity index (χ1v) is 8.22. The zero-order valence-electron chi connectivity index (χ0n) is 12.8. The van der Waals surface area contributed by atoms with E-state index in [2.05, 4.69) is 64.9 Å². The lowest BCUT2D eigenvalue weighted by atomic mass is 10.00. The second-order valence-corrected chi connectivity index (χ2v) is 7.02. The molecule has 3 nitrogen and oxygen atoms in total. The van der Waals surface area contributed by atoms with Gasteiger partial charge in [-0.3, -0.25) is 0 Å². The van der Waals surface area contributed by atoms with Crippen molar-refractivity contribution in [2.45, 2.75) is 38.3 Å². The Morgan fingerprint density at radius 2 is 2.05 bits per heavy atom. The minimum atomic E-state index is 0.195. The van der Waals surface area contributed by atoms with Gasteiger partial charge in [0.05, 0.1) is 0 Å². The maximum atomic E-state index is 5.99. The van der Waals surface area contributed by atoms with Crippen LogP contribution in [0.2, 0.25) is 0 Å². The number of likely N-dealkylation sites (tertiary alicyclic amines) is 1. The highest BCUT2D eigenvalue weighted by molar-refractivity contribution is 9.10. The summed E-state index contributed by atoms with van der Waals surface area (Å²) in [6.45, 7) is 4.44. The van der Waals surface area contributed by atoms with Gasteiger partial charge in [0.15, 0.2) is 0 Å². The van der Waals surface area contributed by atoms with Crippen molar-refractivity contribution < 1.29 is 0 Å². The van der Waals surface area contributed by atoms with E-state index in [1.54, 1.807) is 0 Å². The van der Waals surface area contributed by atoms with E-state index in [0.717, 1.165) is 10.9 Å². The number of piperidine rings is 1. The van der Waals surface area contributed by atoms with E-state index in [4.69, 9.17) is 5.73 Å². The number of nitrogens with two attached hydrogens (primary N) is 1. The van der Waals surface area contributed by atoms with Crippen LogP contribution in [0.25, 0.3) is 0 Å². The molecule has 0 amide bonds. The van der Waals surface area contributed by atoms with Crippen molar-refractivity contribution >= 4 is 21.6 Å². The highest BCUT2D eigenvalue weighted by atomic mass is 79.9. The number of benzene rings is 1. The quantitative estimate of drug-likeness (QED) is 0.915. The van der Waals surface area contributed by atoms with Crippen LogP contribution in [-0.4, -0.2) is 44.2 Å². The molecule has 1 aromatic rings. The van der Waals surface area contributed by atoms with Crippen molar-refractivity contribution in [2.24, 2.45) is 5.73 Å². The molecule has 1 atom stereocenters. The van der Waals surface area contributed by atoms with Crippen LogP contribution in [-0.2, 0) is 6.42 Å². The molecule has 1 aliphatic rings. The standard InChI is InChI=1S/C16H26BrN3/c1-12(18)10-13-4-5-14(17)11-16(13)20(3)15-6-8-19(2)9-7-15/h4-5,11-12,15H,6-10,18H2,1-3H3. The van der Waals surface area contributed by atoms with Crippen molar-refractivity contribution in [3.05, 3.63) is 28.2 Å². The highest BCUT2D eigenvalue weighted by Crippen LogP contribution is 2.29. The summed E-state index contributed by atoms with van der Waals surface area (Å²) in [7, 11) is 4.43. The Bertz CT molecular complexity index is 439. The van der Waals surface area contributed by atoms with Gasteiger partial charge < -0.3 is 15.5 Å². The van der Waals surface area contributed by atoms with Gasteiger partial charge in [0.1, 0.15) is 0 Å². The van der Waals surface area contributed by atoms with E-state index >= 15 is 0 Å². The lowest BCUT2D eigenvalue weighted by molar-refractivity contribution is 0.252. The minimum Gasteiger partial charge on any atom is -0.371 e. The molecule has 2 rings (SSSR count). The average Bonchev–Trinajstić information content (AvgIpc) is 2.40. The summed E-state index contributed by atoms with van der Waals surface area (Å²) >= 11 is 3.60. The van der Waals surface area contributed by atoms with E-state index in [0.29, 0.717) is 6.04 Å². The minimum absolute atomic E-state index is 0.195. The van der Waals surface area contributed by atoms with Crippen LogP contribution in [0.3, 0.4) is 0 Å². The van der Waals surface area contributed by atoms with E-state index in [1.165, 1.54) is 37.2 Å². The number of anilines is 1. The molecule has 2 N–H and O–H groups in total. The third-order valence-corrected chi connectivity index (χ3v) is 4.70. The molecule has 1 saturated heterocycles. The van der Waals surface area contributed by atoms with Crippen molar-refractivity contribution in [1.82, 2.24) is 4.90 Å². The number of halogens is 1. The normalized spacial score (nSPS) is 19.1. The van der Waals surface area contributed by atoms with Crippen LogP contribution in [0.1, 0.15) is 25.3 Å². The molecular formula is C16H26BrN3. The number of hydrogen-bond donors (Lipinski definition) is 1. The molecule has 1 aromatic carbocycles. The van der Waals surface area contributed by atoms with Crippen molar-refractivity contribution in [3.63, 3.8) is 0 Å². The predicted octanol–water partition coefficient (Wildman–Crippen LogP) is 2.87. The highest BCUT2D eigenvalue weighted by Gasteiger charge is 2.22. The van der Waals surface area contributed by atoms with Gasteiger partial charge in [-0.15, -0.1) is 0 Å². The summed E-state index contributed by atoms with van der Waals surface area (Å²) in [5.74, 6) is 0. The third-order valence-electron chi connectivity index (χ3n) is 4.21. The molecule has 0 aromatic heterocycles. The van der Waals surface area contributed by atoms with Gasteiger partial charge in [0.25, 0.3) is 0 Å². The number of rotatable bonds is 4. The monoisotopic (exact) mass is 339 g/mol. The molecule has 1 heterocycles. The molecule has 0 radical (unpaired) electrons. The Morgan fingerprint density at radius 3 is 2.65 bits per heavy atom. The molecule has 20 heavy (non-hydrogen) atoms. The Balaban J connectivity index is 2.19. The van der Waals surface area contributed by atoms with E-state index in [9.17, 15) is 0 Å². The molecule has 1 unspecified atom stereocenters. The predicted molar refractivity (Wildman–Crippen MR) is 90.4 cm³/mol. The molecule has 0 saturated carbocycles. The van der Waals surface area contributed by atoms with Gasteiger partial charge in [-0.1, -0.05) is 22.0 Å². The molecule has 112 valence electrons. The molecule has 1 aliphatic heterocycles. The zero-order valence-corrected chi connectivity index (χ0v) is 14.4. The summed E-state index contributed by atoms with van der Waals surface area (Å²) in [6.07, 6.45) is 3.40. The first-order valence-electron chi connectivity index (χ1n) is 7.42. The summed E-state index contributed by atoms with van der Waals surface area (Å²) in [5, 5.41) is 0. The topological polar surface area (TPSA) is 32.5 Å². The van der Waals surface area contributed by atoms with Gasteiger partial charge in [-0.2, -0.15) is 0 Å². The van der Waals surface area contributed by atoms with Crippen LogP contribution in [0.5, 0.6) is 0 Å². The molecular weight excluding hydrogens is 314 g/mol. The van der Waals surface area contributed by atoms with Crippen LogP contribution in [0.15, 0.2) is 22.7 Å². The fraction of sp³-hybridized carbons (Fsp3) is 0.625. The maximum absolute atomic E-state index is 5.99. The number of hydrogen-bond acceptors (Lipinski definition) is 3. The van der Waals surface area contributed by atoms with E-state index < -0.39 is 0 Å². The van der Waals surface area contributed by atoms with Crippen molar-refractivity contribution in [2.75, 3.05) is 32.1 Å². The summed E-state index contributed by atoms with van der Waals surface area (Å²) < 4.78 is 1.14. The fourth-order valence-electron chi connectivity index (χ4n) is 2.96. The van der Waals surface area contributed by atoms with Gasteiger partial charge in [-0.05, 0) is 64.0 Å². The lowest BCUT2D eigenvalue weighted by Crippen LogP contribution is -2.42. The Hall–Kier alpha value is -0.580. The second kappa shape index (κ2) is 6.92. The van der Waals surface area contributed by atoms with Crippen LogP contribution in [0, 0.1) is 0 Å². The Kier molecular flexibility index (Phi) is 5.47. The zero-order chi connectivity index (χ0) is 14.7. The summed E-state index contributed by atoms with van der Waals surface area (Å²) in [6, 6.07) is 7.38. The average molecular weight is 340 g/mol. The second-order valence-electron chi connectivity index (χ2n) is 6.10. The molecule has 0 spiro atoms. The molecule has 4 heteroatoms. The maximum Gasteiger partial charge on any atom is 0.0410 e. The van der Waals surface area contributed by atoms with Crippen LogP contribution >= 0.6 is 15.9 Å². The van der Waals surface area contributed by atoms with Gasteiger partial charge >= 0.3 is 0 Å². The smallest absolute Gasteiger partial charge is 0.0410 e. The Morgan fingerprint density at radius 1 is 1.40 bits per heavy atom. The van der Waals surface area contributed by atoms with Crippen molar-refractivity contribution in [3.8, 4) is 0 Å². The first-order chi connectivity index (χ1) is 9.47. The Labute approximate surface area is 131 Å².